The number of carboxylic acids is 1. The van der Waals surface area contributed by atoms with Gasteiger partial charge in [-0.05, 0) is 42.9 Å². The van der Waals surface area contributed by atoms with Gasteiger partial charge in [-0.2, -0.15) is 0 Å². The first kappa shape index (κ1) is 13.3. The first-order chi connectivity index (χ1) is 9.15. The highest BCUT2D eigenvalue weighted by Crippen LogP contribution is 2.22. The Morgan fingerprint density at radius 1 is 1.26 bits per heavy atom. The number of aromatic nitrogens is 1. The molecule has 1 aliphatic carbocycles. The highest BCUT2D eigenvalue weighted by Gasteiger charge is 2.11. The molecule has 0 atom stereocenters. The van der Waals surface area contributed by atoms with E-state index >= 15 is 0 Å². The van der Waals surface area contributed by atoms with E-state index in [-0.39, 0.29) is 13.0 Å². The Balaban J connectivity index is 1.88. The van der Waals surface area contributed by atoms with E-state index in [4.69, 9.17) is 5.11 Å². The maximum Gasteiger partial charge on any atom is 0.320 e. The van der Waals surface area contributed by atoms with E-state index in [2.05, 4.69) is 15.6 Å². The van der Waals surface area contributed by atoms with Gasteiger partial charge in [0, 0.05) is 12.7 Å². The van der Waals surface area contributed by atoms with Crippen LogP contribution in [-0.2, 0) is 17.6 Å². The van der Waals surface area contributed by atoms with E-state index in [9.17, 15) is 9.59 Å². The molecule has 19 heavy (non-hydrogen) atoms. The maximum atomic E-state index is 11.5. The molecule has 0 spiro atoms. The van der Waals surface area contributed by atoms with E-state index in [1.807, 2.05) is 6.07 Å². The van der Waals surface area contributed by atoms with Crippen molar-refractivity contribution in [3.63, 3.8) is 0 Å². The van der Waals surface area contributed by atoms with Crippen molar-refractivity contribution in [1.82, 2.24) is 10.3 Å². The lowest BCUT2D eigenvalue weighted by atomic mass is 9.93. The number of nitrogens with zero attached hydrogens (tertiary/aromatic N) is 1. The zero-order valence-corrected chi connectivity index (χ0v) is 10.6. The molecule has 0 aliphatic heterocycles. The molecule has 0 saturated heterocycles. The SMILES string of the molecule is O=C(O)CCNC(=O)Nc1cc2c(cn1)CCCC2. The van der Waals surface area contributed by atoms with Crippen LogP contribution in [-0.4, -0.2) is 28.6 Å². The van der Waals surface area contributed by atoms with Crippen LogP contribution < -0.4 is 10.6 Å². The van der Waals surface area contributed by atoms with Crippen LogP contribution in [0, 0.1) is 0 Å². The Bertz CT molecular complexity index is 488. The predicted molar refractivity (Wildman–Crippen MR) is 70.2 cm³/mol. The van der Waals surface area contributed by atoms with Gasteiger partial charge in [0.1, 0.15) is 5.82 Å². The summed E-state index contributed by atoms with van der Waals surface area (Å²) >= 11 is 0. The van der Waals surface area contributed by atoms with Crippen LogP contribution in [0.1, 0.15) is 30.4 Å². The molecule has 0 bridgehead atoms. The van der Waals surface area contributed by atoms with E-state index in [0.29, 0.717) is 5.82 Å². The lowest BCUT2D eigenvalue weighted by Crippen LogP contribution is -2.31. The summed E-state index contributed by atoms with van der Waals surface area (Å²) in [4.78, 5) is 26.0. The number of aryl methyl sites for hydroxylation is 2. The molecule has 0 fully saturated rings. The molecule has 2 rings (SSSR count). The highest BCUT2D eigenvalue weighted by atomic mass is 16.4. The Kier molecular flexibility index (Phi) is 4.33. The zero-order valence-electron chi connectivity index (χ0n) is 10.6. The lowest BCUT2D eigenvalue weighted by Gasteiger charge is -2.16. The van der Waals surface area contributed by atoms with Gasteiger partial charge in [-0.1, -0.05) is 0 Å². The van der Waals surface area contributed by atoms with E-state index in [0.717, 1.165) is 12.8 Å². The number of amides is 2. The van der Waals surface area contributed by atoms with Crippen molar-refractivity contribution in [3.8, 4) is 0 Å². The molecule has 0 aromatic carbocycles. The van der Waals surface area contributed by atoms with Gasteiger partial charge in [-0.3, -0.25) is 10.1 Å². The van der Waals surface area contributed by atoms with Crippen LogP contribution in [0.25, 0.3) is 0 Å². The first-order valence-corrected chi connectivity index (χ1v) is 6.39. The molecule has 0 saturated carbocycles. The monoisotopic (exact) mass is 263 g/mol. The van der Waals surface area contributed by atoms with Gasteiger partial charge in [-0.15, -0.1) is 0 Å². The molecule has 3 N–H and O–H groups in total. The number of carbonyl (C=O) groups excluding carboxylic acids is 1. The maximum absolute atomic E-state index is 11.5. The van der Waals surface area contributed by atoms with Crippen LogP contribution >= 0.6 is 0 Å². The average molecular weight is 263 g/mol. The Labute approximate surface area is 111 Å². The number of nitrogens with one attached hydrogen (secondary N) is 2. The summed E-state index contributed by atoms with van der Waals surface area (Å²) in [5, 5.41) is 13.5. The second-order valence-electron chi connectivity index (χ2n) is 4.57. The number of aliphatic carboxylic acids is 1. The predicted octanol–water partition coefficient (Wildman–Crippen LogP) is 1.56. The van der Waals surface area contributed by atoms with Gasteiger partial charge >= 0.3 is 12.0 Å². The smallest absolute Gasteiger partial charge is 0.320 e. The normalized spacial score (nSPS) is 13.5. The van der Waals surface area contributed by atoms with Crippen LogP contribution in [0.15, 0.2) is 12.3 Å². The molecule has 0 unspecified atom stereocenters. The van der Waals surface area contributed by atoms with Gasteiger partial charge < -0.3 is 10.4 Å². The van der Waals surface area contributed by atoms with Crippen molar-refractivity contribution in [2.75, 3.05) is 11.9 Å². The first-order valence-electron chi connectivity index (χ1n) is 6.39. The van der Waals surface area contributed by atoms with Crippen LogP contribution in [0.5, 0.6) is 0 Å². The molecule has 102 valence electrons. The molecular weight excluding hydrogens is 246 g/mol. The second kappa shape index (κ2) is 6.17. The summed E-state index contributed by atoms with van der Waals surface area (Å²) in [6, 6.07) is 1.47. The molecule has 1 aromatic rings. The largest absolute Gasteiger partial charge is 0.481 e. The van der Waals surface area contributed by atoms with Crippen molar-refractivity contribution >= 4 is 17.8 Å². The third-order valence-corrected chi connectivity index (χ3v) is 3.09. The fourth-order valence-electron chi connectivity index (χ4n) is 2.13. The molecular formula is C13H17N3O3. The summed E-state index contributed by atoms with van der Waals surface area (Å²) in [7, 11) is 0. The summed E-state index contributed by atoms with van der Waals surface area (Å²) in [5.74, 6) is -0.430. The Morgan fingerprint density at radius 3 is 2.74 bits per heavy atom. The van der Waals surface area contributed by atoms with Crippen LogP contribution in [0.4, 0.5) is 10.6 Å². The number of carboxylic acid groups (broad SMARTS) is 1. The summed E-state index contributed by atoms with van der Waals surface area (Å²) in [6.45, 7) is 0.103. The van der Waals surface area contributed by atoms with Gasteiger partial charge in [-0.25, -0.2) is 9.78 Å². The number of urea groups is 1. The topological polar surface area (TPSA) is 91.3 Å². The quantitative estimate of drug-likeness (QED) is 0.768. The number of pyridine rings is 1. The van der Waals surface area contributed by atoms with Crippen LogP contribution in [0.3, 0.4) is 0 Å². The summed E-state index contributed by atoms with van der Waals surface area (Å²) in [5.41, 5.74) is 2.49. The van der Waals surface area contributed by atoms with Gasteiger partial charge in [0.2, 0.25) is 0 Å². The minimum atomic E-state index is -0.938. The number of anilines is 1. The van der Waals surface area contributed by atoms with E-state index < -0.39 is 12.0 Å². The molecule has 6 heteroatoms. The molecule has 2 amide bonds. The molecule has 6 nitrogen and oxygen atoms in total. The van der Waals surface area contributed by atoms with Gasteiger partial charge in [0.15, 0.2) is 0 Å². The van der Waals surface area contributed by atoms with E-state index in [1.54, 1.807) is 6.20 Å². The van der Waals surface area contributed by atoms with Crippen molar-refractivity contribution < 1.29 is 14.7 Å². The summed E-state index contributed by atoms with van der Waals surface area (Å²) < 4.78 is 0. The minimum Gasteiger partial charge on any atom is -0.481 e. The number of rotatable bonds is 4. The number of carbonyl (C=O) groups is 2. The average Bonchev–Trinajstić information content (AvgIpc) is 2.38. The van der Waals surface area contributed by atoms with Crippen LogP contribution in [0.2, 0.25) is 0 Å². The van der Waals surface area contributed by atoms with E-state index in [1.165, 1.54) is 24.0 Å². The minimum absolute atomic E-state index is 0.0922. The highest BCUT2D eigenvalue weighted by molar-refractivity contribution is 5.88. The fraction of sp³-hybridized carbons (Fsp3) is 0.462. The number of hydrogen-bond acceptors (Lipinski definition) is 3. The Hall–Kier alpha value is -2.11. The third-order valence-electron chi connectivity index (χ3n) is 3.09. The summed E-state index contributed by atoms with van der Waals surface area (Å²) in [6.07, 6.45) is 6.14. The number of hydrogen-bond donors (Lipinski definition) is 3. The third kappa shape index (κ3) is 3.94. The molecule has 0 radical (unpaired) electrons. The second-order valence-corrected chi connectivity index (χ2v) is 4.57. The van der Waals surface area contributed by atoms with Gasteiger partial charge in [0.05, 0.1) is 6.42 Å². The molecule has 1 aromatic heterocycles. The van der Waals surface area contributed by atoms with Crippen molar-refractivity contribution in [3.05, 3.63) is 23.4 Å². The Morgan fingerprint density at radius 2 is 2.00 bits per heavy atom. The van der Waals surface area contributed by atoms with Gasteiger partial charge in [0.25, 0.3) is 0 Å². The zero-order chi connectivity index (χ0) is 13.7. The van der Waals surface area contributed by atoms with Crippen molar-refractivity contribution in [2.45, 2.75) is 32.1 Å². The fourth-order valence-corrected chi connectivity index (χ4v) is 2.13. The number of fused-ring (bicyclic) bond motifs is 1. The lowest BCUT2D eigenvalue weighted by molar-refractivity contribution is -0.136. The molecule has 1 heterocycles. The van der Waals surface area contributed by atoms with Crippen molar-refractivity contribution in [1.29, 1.82) is 0 Å². The standard InChI is InChI=1S/C13H17N3O3/c17-12(18)5-6-14-13(19)16-11-7-9-3-1-2-4-10(9)8-15-11/h7-8H,1-6H2,(H,17,18)(H2,14,15,16,19). The van der Waals surface area contributed by atoms with Crippen molar-refractivity contribution in [2.24, 2.45) is 0 Å². The molecule has 1 aliphatic rings.